The summed E-state index contributed by atoms with van der Waals surface area (Å²) in [6.45, 7) is 1.17. The summed E-state index contributed by atoms with van der Waals surface area (Å²) < 4.78 is 83.8. The number of rotatable bonds is 7. The third-order valence-corrected chi connectivity index (χ3v) is 5.99. The van der Waals surface area contributed by atoms with Gasteiger partial charge in [0.1, 0.15) is 28.0 Å². The highest BCUT2D eigenvalue weighted by Gasteiger charge is 2.32. The highest BCUT2D eigenvalue weighted by atomic mass is 32.2. The van der Waals surface area contributed by atoms with Crippen LogP contribution in [0.3, 0.4) is 0 Å². The van der Waals surface area contributed by atoms with E-state index in [0.29, 0.717) is 21.4 Å². The molecule has 0 fully saturated rings. The third-order valence-electron chi connectivity index (χ3n) is 4.22. The van der Waals surface area contributed by atoms with Crippen LogP contribution in [0.2, 0.25) is 0 Å². The van der Waals surface area contributed by atoms with Gasteiger partial charge in [0.25, 0.3) is 10.0 Å². The standard InChI is InChI=1S/C19H17F3N2O5S/c1-11-6-19(23-29-11)24(10-12-4-5-13(27-2)7-17(12)28-3)30(25,26)18-9-15(21)14(20)8-16(18)22/h4-9H,10H2,1-3H3. The maximum absolute atomic E-state index is 14.3. The quantitative estimate of drug-likeness (QED) is 0.518. The highest BCUT2D eigenvalue weighted by molar-refractivity contribution is 7.92. The van der Waals surface area contributed by atoms with Crippen molar-refractivity contribution < 1.29 is 35.6 Å². The van der Waals surface area contributed by atoms with E-state index in [-0.39, 0.29) is 30.3 Å². The summed E-state index contributed by atoms with van der Waals surface area (Å²) in [5, 5.41) is 3.68. The van der Waals surface area contributed by atoms with Crippen molar-refractivity contribution in [2.75, 3.05) is 18.5 Å². The predicted molar refractivity (Wildman–Crippen MR) is 100 cm³/mol. The first-order valence-electron chi connectivity index (χ1n) is 8.49. The lowest BCUT2D eigenvalue weighted by Gasteiger charge is -2.23. The van der Waals surface area contributed by atoms with Gasteiger partial charge in [-0.1, -0.05) is 5.16 Å². The molecule has 0 saturated carbocycles. The summed E-state index contributed by atoms with van der Waals surface area (Å²) in [6, 6.07) is 6.43. The van der Waals surface area contributed by atoms with Crippen molar-refractivity contribution in [3.05, 3.63) is 65.2 Å². The highest BCUT2D eigenvalue weighted by Crippen LogP contribution is 2.32. The van der Waals surface area contributed by atoms with Crippen molar-refractivity contribution in [1.29, 1.82) is 0 Å². The fourth-order valence-corrected chi connectivity index (χ4v) is 4.15. The van der Waals surface area contributed by atoms with Crippen LogP contribution in [-0.4, -0.2) is 27.8 Å². The number of benzene rings is 2. The molecule has 1 aromatic heterocycles. The van der Waals surface area contributed by atoms with Crippen molar-refractivity contribution in [2.24, 2.45) is 0 Å². The molecule has 0 unspecified atom stereocenters. The van der Waals surface area contributed by atoms with Crippen molar-refractivity contribution >= 4 is 15.8 Å². The second-order valence-electron chi connectivity index (χ2n) is 6.18. The van der Waals surface area contributed by atoms with Gasteiger partial charge in [-0.3, -0.25) is 0 Å². The molecule has 2 aromatic carbocycles. The van der Waals surface area contributed by atoms with Gasteiger partial charge in [0.15, 0.2) is 17.5 Å². The molecule has 3 rings (SSSR count). The fraction of sp³-hybridized carbons (Fsp3) is 0.211. The van der Waals surface area contributed by atoms with Crippen molar-refractivity contribution in [3.63, 3.8) is 0 Å². The Labute approximate surface area is 170 Å². The number of halogens is 3. The number of anilines is 1. The average molecular weight is 442 g/mol. The van der Waals surface area contributed by atoms with Gasteiger partial charge < -0.3 is 14.0 Å². The van der Waals surface area contributed by atoms with E-state index in [2.05, 4.69) is 5.16 Å². The summed E-state index contributed by atoms with van der Waals surface area (Å²) in [5.74, 6) is -3.58. The molecular weight excluding hydrogens is 425 g/mol. The molecule has 0 atom stereocenters. The molecule has 160 valence electrons. The van der Waals surface area contributed by atoms with Crippen LogP contribution in [0.5, 0.6) is 11.5 Å². The lowest BCUT2D eigenvalue weighted by atomic mass is 10.2. The molecule has 0 bridgehead atoms. The van der Waals surface area contributed by atoms with E-state index in [0.717, 1.165) is 0 Å². The van der Waals surface area contributed by atoms with Gasteiger partial charge in [-0.2, -0.15) is 0 Å². The van der Waals surface area contributed by atoms with E-state index < -0.39 is 32.4 Å². The minimum Gasteiger partial charge on any atom is -0.497 e. The summed E-state index contributed by atoms with van der Waals surface area (Å²) >= 11 is 0. The fourth-order valence-electron chi connectivity index (χ4n) is 2.72. The van der Waals surface area contributed by atoms with Crippen LogP contribution in [0.25, 0.3) is 0 Å². The summed E-state index contributed by atoms with van der Waals surface area (Å²) in [7, 11) is -1.87. The Hall–Kier alpha value is -3.21. The summed E-state index contributed by atoms with van der Waals surface area (Å²) in [6.07, 6.45) is 0. The summed E-state index contributed by atoms with van der Waals surface area (Å²) in [5.41, 5.74) is 0.380. The Balaban J connectivity index is 2.14. The largest absolute Gasteiger partial charge is 0.497 e. The van der Waals surface area contributed by atoms with E-state index in [9.17, 15) is 21.6 Å². The van der Waals surface area contributed by atoms with Crippen molar-refractivity contribution in [2.45, 2.75) is 18.4 Å². The minimum atomic E-state index is -4.71. The molecule has 11 heteroatoms. The second kappa shape index (κ2) is 8.27. The van der Waals surface area contributed by atoms with Crippen LogP contribution in [0.1, 0.15) is 11.3 Å². The van der Waals surface area contributed by atoms with E-state index in [1.165, 1.54) is 33.3 Å². The Kier molecular flexibility index (Phi) is 5.92. The number of hydrogen-bond donors (Lipinski definition) is 0. The molecule has 0 aliphatic heterocycles. The predicted octanol–water partition coefficient (Wildman–Crippen LogP) is 3.81. The molecule has 0 amide bonds. The molecule has 30 heavy (non-hydrogen) atoms. The SMILES string of the molecule is COc1ccc(CN(c2cc(C)on2)S(=O)(=O)c2cc(F)c(F)cc2F)c(OC)c1. The molecule has 0 aliphatic rings. The van der Waals surface area contributed by atoms with Gasteiger partial charge in [-0.25, -0.2) is 25.9 Å². The number of ether oxygens (including phenoxy) is 2. The van der Waals surface area contributed by atoms with Gasteiger partial charge >= 0.3 is 0 Å². The van der Waals surface area contributed by atoms with Crippen LogP contribution in [0.4, 0.5) is 19.0 Å². The van der Waals surface area contributed by atoms with E-state index in [4.69, 9.17) is 14.0 Å². The molecule has 0 N–H and O–H groups in total. The molecule has 0 aliphatic carbocycles. The van der Waals surface area contributed by atoms with E-state index in [1.807, 2.05) is 0 Å². The zero-order valence-electron chi connectivity index (χ0n) is 16.1. The number of methoxy groups -OCH3 is 2. The van der Waals surface area contributed by atoms with Crippen LogP contribution in [-0.2, 0) is 16.6 Å². The topological polar surface area (TPSA) is 81.9 Å². The van der Waals surface area contributed by atoms with Crippen molar-refractivity contribution in [3.8, 4) is 11.5 Å². The average Bonchev–Trinajstić information content (AvgIpc) is 3.14. The van der Waals surface area contributed by atoms with Gasteiger partial charge in [-0.15, -0.1) is 0 Å². The van der Waals surface area contributed by atoms with Gasteiger partial charge in [-0.05, 0) is 19.1 Å². The first-order chi connectivity index (χ1) is 14.2. The minimum absolute atomic E-state index is 0.169. The number of hydrogen-bond acceptors (Lipinski definition) is 6. The molecule has 3 aromatic rings. The first kappa shape index (κ1) is 21.5. The number of sulfonamides is 1. The number of nitrogens with zero attached hydrogens (tertiary/aromatic N) is 2. The van der Waals surface area contributed by atoms with Gasteiger partial charge in [0.05, 0.1) is 20.8 Å². The van der Waals surface area contributed by atoms with E-state index in [1.54, 1.807) is 12.1 Å². The maximum atomic E-state index is 14.3. The zero-order chi connectivity index (χ0) is 22.1. The first-order valence-corrected chi connectivity index (χ1v) is 9.93. The van der Waals surface area contributed by atoms with Crippen LogP contribution >= 0.6 is 0 Å². The Bertz CT molecular complexity index is 1180. The molecule has 0 spiro atoms. The van der Waals surface area contributed by atoms with Gasteiger partial charge in [0.2, 0.25) is 0 Å². The maximum Gasteiger partial charge on any atom is 0.268 e. The van der Waals surface area contributed by atoms with E-state index >= 15 is 0 Å². The smallest absolute Gasteiger partial charge is 0.268 e. The normalized spacial score (nSPS) is 11.4. The third kappa shape index (κ3) is 4.06. The Morgan fingerprint density at radius 3 is 2.30 bits per heavy atom. The lowest BCUT2D eigenvalue weighted by Crippen LogP contribution is -2.32. The summed E-state index contributed by atoms with van der Waals surface area (Å²) in [4.78, 5) is -1.05. The Morgan fingerprint density at radius 2 is 1.70 bits per heavy atom. The van der Waals surface area contributed by atoms with Crippen LogP contribution < -0.4 is 13.8 Å². The van der Waals surface area contributed by atoms with Crippen LogP contribution in [0.15, 0.2) is 45.8 Å². The van der Waals surface area contributed by atoms with Gasteiger partial charge in [0, 0.05) is 29.8 Å². The lowest BCUT2D eigenvalue weighted by molar-refractivity contribution is 0.390. The van der Waals surface area contributed by atoms with Crippen LogP contribution in [0, 0.1) is 24.4 Å². The molecule has 0 saturated heterocycles. The van der Waals surface area contributed by atoms with Crippen molar-refractivity contribution in [1.82, 2.24) is 5.16 Å². The Morgan fingerprint density at radius 1 is 1.00 bits per heavy atom. The molecule has 1 heterocycles. The number of aromatic nitrogens is 1. The zero-order valence-corrected chi connectivity index (χ0v) is 17.0. The second-order valence-corrected chi connectivity index (χ2v) is 8.01. The number of aryl methyl sites for hydroxylation is 1. The monoisotopic (exact) mass is 442 g/mol. The molecule has 7 nitrogen and oxygen atoms in total. The molecular formula is C19H17F3N2O5S. The molecule has 0 radical (unpaired) electrons.